The van der Waals surface area contributed by atoms with Crippen molar-refractivity contribution in [3.8, 4) is 0 Å². The van der Waals surface area contributed by atoms with Gasteiger partial charge in [-0.15, -0.1) is 24.0 Å². The maximum absolute atomic E-state index is 13.6. The van der Waals surface area contributed by atoms with Crippen LogP contribution in [0, 0.1) is 5.82 Å². The minimum absolute atomic E-state index is 0.0301. The molecule has 1 aromatic heterocycles. The van der Waals surface area contributed by atoms with Crippen LogP contribution in [0.1, 0.15) is 34.6 Å². The number of carbonyl (C=O) groups excluding carboxylic acids is 1. The first-order chi connectivity index (χ1) is 9.11. The molecule has 5 heteroatoms. The third kappa shape index (κ3) is 3.36. The summed E-state index contributed by atoms with van der Waals surface area (Å²) in [4.78, 5) is 13.7. The molecule has 2 rings (SSSR count). The van der Waals surface area contributed by atoms with Crippen molar-refractivity contribution in [2.75, 3.05) is 0 Å². The molecule has 0 aliphatic heterocycles. The van der Waals surface area contributed by atoms with Crippen LogP contribution in [0.3, 0.4) is 0 Å². The molecule has 0 fully saturated rings. The highest BCUT2D eigenvalue weighted by Gasteiger charge is 2.17. The summed E-state index contributed by atoms with van der Waals surface area (Å²) in [5, 5.41) is 4.81. The molecule has 0 bridgehead atoms. The molecule has 1 aromatic carbocycles. The van der Waals surface area contributed by atoms with Gasteiger partial charge in [0.15, 0.2) is 0 Å². The molecular formula is C14H14FNOS2. The molecular weight excluding hydrogens is 281 g/mol. The molecule has 0 saturated heterocycles. The average Bonchev–Trinajstić information content (AvgIpc) is 2.92. The molecule has 0 saturated carbocycles. The number of benzene rings is 1. The van der Waals surface area contributed by atoms with E-state index in [0.717, 1.165) is 11.3 Å². The van der Waals surface area contributed by atoms with Gasteiger partial charge in [0.05, 0.1) is 11.6 Å². The maximum Gasteiger partial charge on any atom is 0.254 e. The van der Waals surface area contributed by atoms with Gasteiger partial charge in [0.25, 0.3) is 5.91 Å². The standard InChI is InChI=1S/C14H14FNOS2/c1-2-12(13-4-3-7-19-13)16-14(17)10-8-9(18)5-6-11(10)15/h3-8,12,18H,2H2,1H3,(H,16,17). The molecule has 0 spiro atoms. The van der Waals surface area contributed by atoms with Crippen LogP contribution in [0.15, 0.2) is 40.6 Å². The van der Waals surface area contributed by atoms with Crippen LogP contribution in [0.5, 0.6) is 0 Å². The number of carbonyl (C=O) groups is 1. The molecule has 2 aromatic rings. The third-order valence-corrected chi connectivity index (χ3v) is 4.06. The van der Waals surface area contributed by atoms with Crippen molar-refractivity contribution in [1.29, 1.82) is 0 Å². The highest BCUT2D eigenvalue weighted by atomic mass is 32.1. The van der Waals surface area contributed by atoms with Crippen LogP contribution in [0.25, 0.3) is 0 Å². The molecule has 0 aliphatic rings. The van der Waals surface area contributed by atoms with Gasteiger partial charge < -0.3 is 5.32 Å². The Morgan fingerprint density at radius 1 is 1.47 bits per heavy atom. The minimum atomic E-state index is -0.531. The van der Waals surface area contributed by atoms with Gasteiger partial charge in [-0.2, -0.15) is 0 Å². The van der Waals surface area contributed by atoms with E-state index in [0.29, 0.717) is 4.90 Å². The smallest absolute Gasteiger partial charge is 0.254 e. The van der Waals surface area contributed by atoms with Crippen LogP contribution >= 0.6 is 24.0 Å². The van der Waals surface area contributed by atoms with Gasteiger partial charge in [0.1, 0.15) is 5.82 Å². The average molecular weight is 295 g/mol. The van der Waals surface area contributed by atoms with E-state index in [9.17, 15) is 9.18 Å². The van der Waals surface area contributed by atoms with Gasteiger partial charge in [-0.3, -0.25) is 4.79 Å². The summed E-state index contributed by atoms with van der Waals surface area (Å²) in [6.45, 7) is 1.98. The monoisotopic (exact) mass is 295 g/mol. The van der Waals surface area contributed by atoms with Crippen molar-refractivity contribution in [2.24, 2.45) is 0 Å². The lowest BCUT2D eigenvalue weighted by Gasteiger charge is -2.16. The van der Waals surface area contributed by atoms with Crippen LogP contribution in [0.4, 0.5) is 4.39 Å². The highest BCUT2D eigenvalue weighted by molar-refractivity contribution is 7.80. The Morgan fingerprint density at radius 3 is 2.89 bits per heavy atom. The van der Waals surface area contributed by atoms with Crippen molar-refractivity contribution in [3.05, 3.63) is 52.0 Å². The molecule has 1 atom stereocenters. The minimum Gasteiger partial charge on any atom is -0.344 e. The zero-order chi connectivity index (χ0) is 13.8. The van der Waals surface area contributed by atoms with Crippen LogP contribution < -0.4 is 5.32 Å². The number of thiol groups is 1. The van der Waals surface area contributed by atoms with Crippen molar-refractivity contribution >= 4 is 29.9 Å². The quantitative estimate of drug-likeness (QED) is 0.818. The Bertz CT molecular complexity index is 569. The Morgan fingerprint density at radius 2 is 2.26 bits per heavy atom. The first-order valence-corrected chi connectivity index (χ1v) is 7.27. The Hall–Kier alpha value is -1.33. The largest absolute Gasteiger partial charge is 0.344 e. The zero-order valence-electron chi connectivity index (χ0n) is 10.4. The molecule has 1 heterocycles. The lowest BCUT2D eigenvalue weighted by molar-refractivity contribution is 0.0932. The van der Waals surface area contributed by atoms with Crippen molar-refractivity contribution in [1.82, 2.24) is 5.32 Å². The lowest BCUT2D eigenvalue weighted by atomic mass is 10.1. The van der Waals surface area contributed by atoms with Crippen LogP contribution in [0.2, 0.25) is 0 Å². The molecule has 0 aliphatic carbocycles. The van der Waals surface area contributed by atoms with Gasteiger partial charge in [-0.05, 0) is 36.1 Å². The second-order valence-electron chi connectivity index (χ2n) is 4.11. The number of thiophene rings is 1. The van der Waals surface area contributed by atoms with Crippen molar-refractivity contribution in [3.63, 3.8) is 0 Å². The Labute approximate surface area is 121 Å². The fourth-order valence-electron chi connectivity index (χ4n) is 1.79. The SMILES string of the molecule is CCC(NC(=O)c1cc(S)ccc1F)c1cccs1. The van der Waals surface area contributed by atoms with Crippen LogP contribution in [-0.4, -0.2) is 5.91 Å². The Balaban J connectivity index is 2.18. The predicted octanol–water partition coefficient (Wildman–Crippen LogP) is 4.06. The second kappa shape index (κ2) is 6.21. The highest BCUT2D eigenvalue weighted by Crippen LogP contribution is 2.23. The summed E-state index contributed by atoms with van der Waals surface area (Å²) >= 11 is 5.70. The second-order valence-corrected chi connectivity index (χ2v) is 5.61. The topological polar surface area (TPSA) is 29.1 Å². The summed E-state index contributed by atoms with van der Waals surface area (Å²) in [6.07, 6.45) is 0.758. The predicted molar refractivity (Wildman–Crippen MR) is 78.5 cm³/mol. The van der Waals surface area contributed by atoms with Gasteiger partial charge in [-0.1, -0.05) is 13.0 Å². The van der Waals surface area contributed by atoms with Crippen molar-refractivity contribution in [2.45, 2.75) is 24.3 Å². The summed E-state index contributed by atoms with van der Waals surface area (Å²) in [5.74, 6) is -0.940. The lowest BCUT2D eigenvalue weighted by Crippen LogP contribution is -2.28. The van der Waals surface area contributed by atoms with E-state index in [-0.39, 0.29) is 11.6 Å². The van der Waals surface area contributed by atoms with E-state index in [1.54, 1.807) is 11.3 Å². The van der Waals surface area contributed by atoms with E-state index >= 15 is 0 Å². The normalized spacial score (nSPS) is 12.2. The van der Waals surface area contributed by atoms with E-state index in [1.165, 1.54) is 18.2 Å². The Kier molecular flexibility index (Phi) is 4.61. The third-order valence-electron chi connectivity index (χ3n) is 2.79. The van der Waals surface area contributed by atoms with Gasteiger partial charge >= 0.3 is 0 Å². The van der Waals surface area contributed by atoms with E-state index in [4.69, 9.17) is 0 Å². The number of rotatable bonds is 4. The van der Waals surface area contributed by atoms with E-state index in [1.807, 2.05) is 24.4 Å². The summed E-state index contributed by atoms with van der Waals surface area (Å²) < 4.78 is 13.6. The maximum atomic E-state index is 13.6. The molecule has 1 N–H and O–H groups in total. The fraction of sp³-hybridized carbons (Fsp3) is 0.214. The number of hydrogen-bond acceptors (Lipinski definition) is 3. The fourth-order valence-corrected chi connectivity index (χ4v) is 2.85. The van der Waals surface area contributed by atoms with E-state index in [2.05, 4.69) is 17.9 Å². The summed E-state index contributed by atoms with van der Waals surface area (Å²) in [7, 11) is 0. The number of nitrogens with one attached hydrogen (secondary N) is 1. The molecule has 100 valence electrons. The first kappa shape index (κ1) is 14.1. The number of amides is 1. The molecule has 2 nitrogen and oxygen atoms in total. The van der Waals surface area contributed by atoms with Gasteiger partial charge in [0, 0.05) is 9.77 Å². The van der Waals surface area contributed by atoms with Gasteiger partial charge in [0.2, 0.25) is 0 Å². The molecule has 19 heavy (non-hydrogen) atoms. The summed E-state index contributed by atoms with van der Waals surface area (Å²) in [5.41, 5.74) is 0.0301. The molecule has 0 radical (unpaired) electrons. The zero-order valence-corrected chi connectivity index (χ0v) is 12.1. The first-order valence-electron chi connectivity index (χ1n) is 5.94. The molecule has 1 amide bonds. The summed E-state index contributed by atoms with van der Waals surface area (Å²) in [6, 6.07) is 8.02. The number of halogens is 1. The molecule has 1 unspecified atom stereocenters. The van der Waals surface area contributed by atoms with Crippen molar-refractivity contribution < 1.29 is 9.18 Å². The number of hydrogen-bond donors (Lipinski definition) is 2. The van der Waals surface area contributed by atoms with Crippen LogP contribution in [-0.2, 0) is 0 Å². The van der Waals surface area contributed by atoms with Gasteiger partial charge in [-0.25, -0.2) is 4.39 Å². The van der Waals surface area contributed by atoms with E-state index < -0.39 is 11.7 Å².